The molecule has 0 spiro atoms. The van der Waals surface area contributed by atoms with Crippen molar-refractivity contribution in [3.8, 4) is 0 Å². The molecule has 6 heteroatoms. The van der Waals surface area contributed by atoms with Gasteiger partial charge in [0.05, 0.1) is 10.3 Å². The van der Waals surface area contributed by atoms with E-state index in [1.165, 1.54) is 6.42 Å². The SMILES string of the molecule is NC1CCCCC1Nc1ccc([N+](=O)[O-])c2ccncc12. The molecule has 0 amide bonds. The Kier molecular flexibility index (Phi) is 3.70. The van der Waals surface area contributed by atoms with E-state index in [4.69, 9.17) is 5.73 Å². The van der Waals surface area contributed by atoms with Crippen LogP contribution >= 0.6 is 0 Å². The van der Waals surface area contributed by atoms with Gasteiger partial charge in [-0.05, 0) is 25.0 Å². The van der Waals surface area contributed by atoms with Gasteiger partial charge in [0.1, 0.15) is 0 Å². The summed E-state index contributed by atoms with van der Waals surface area (Å²) in [6.45, 7) is 0. The van der Waals surface area contributed by atoms with E-state index >= 15 is 0 Å². The molecule has 110 valence electrons. The lowest BCUT2D eigenvalue weighted by atomic mass is 9.90. The van der Waals surface area contributed by atoms with Crippen molar-refractivity contribution in [1.82, 2.24) is 4.98 Å². The first kappa shape index (κ1) is 13.8. The average molecular weight is 286 g/mol. The van der Waals surface area contributed by atoms with Crippen LogP contribution in [0.15, 0.2) is 30.6 Å². The minimum absolute atomic E-state index is 0.103. The predicted molar refractivity (Wildman–Crippen MR) is 82.3 cm³/mol. The molecule has 1 aromatic carbocycles. The number of rotatable bonds is 3. The summed E-state index contributed by atoms with van der Waals surface area (Å²) in [5, 5.41) is 15.9. The van der Waals surface area contributed by atoms with Crippen molar-refractivity contribution < 1.29 is 4.92 Å². The Bertz CT molecular complexity index is 674. The van der Waals surface area contributed by atoms with Gasteiger partial charge in [-0.15, -0.1) is 0 Å². The van der Waals surface area contributed by atoms with Crippen LogP contribution in [0.25, 0.3) is 10.8 Å². The van der Waals surface area contributed by atoms with Gasteiger partial charge >= 0.3 is 0 Å². The predicted octanol–water partition coefficient (Wildman–Crippen LogP) is 2.82. The number of aromatic nitrogens is 1. The highest BCUT2D eigenvalue weighted by atomic mass is 16.6. The van der Waals surface area contributed by atoms with Crippen LogP contribution in [0.2, 0.25) is 0 Å². The van der Waals surface area contributed by atoms with Gasteiger partial charge in [0.25, 0.3) is 5.69 Å². The molecular weight excluding hydrogens is 268 g/mol. The van der Waals surface area contributed by atoms with Gasteiger partial charge in [-0.1, -0.05) is 12.8 Å². The number of benzene rings is 1. The van der Waals surface area contributed by atoms with Gasteiger partial charge in [0.2, 0.25) is 0 Å². The zero-order valence-corrected chi connectivity index (χ0v) is 11.7. The molecule has 0 radical (unpaired) electrons. The fraction of sp³-hybridized carbons (Fsp3) is 0.400. The lowest BCUT2D eigenvalue weighted by Crippen LogP contribution is -2.42. The highest BCUT2D eigenvalue weighted by Gasteiger charge is 2.23. The van der Waals surface area contributed by atoms with E-state index in [2.05, 4.69) is 10.3 Å². The first-order valence-electron chi connectivity index (χ1n) is 7.20. The number of pyridine rings is 1. The van der Waals surface area contributed by atoms with Gasteiger partial charge in [0.15, 0.2) is 0 Å². The van der Waals surface area contributed by atoms with E-state index in [9.17, 15) is 10.1 Å². The second kappa shape index (κ2) is 5.65. The lowest BCUT2D eigenvalue weighted by molar-refractivity contribution is -0.383. The van der Waals surface area contributed by atoms with Crippen molar-refractivity contribution in [2.24, 2.45) is 5.73 Å². The Morgan fingerprint density at radius 2 is 2.05 bits per heavy atom. The van der Waals surface area contributed by atoms with Gasteiger partial charge in [0, 0.05) is 41.6 Å². The van der Waals surface area contributed by atoms with Crippen molar-refractivity contribution >= 4 is 22.1 Å². The van der Waals surface area contributed by atoms with Crippen LogP contribution in [0, 0.1) is 10.1 Å². The fourth-order valence-corrected chi connectivity index (χ4v) is 3.00. The van der Waals surface area contributed by atoms with Gasteiger partial charge in [-0.2, -0.15) is 0 Å². The number of anilines is 1. The molecule has 2 aromatic rings. The molecule has 0 bridgehead atoms. The smallest absolute Gasteiger partial charge is 0.277 e. The number of hydrogen-bond acceptors (Lipinski definition) is 5. The topological polar surface area (TPSA) is 94.1 Å². The van der Waals surface area contributed by atoms with E-state index in [1.54, 1.807) is 30.6 Å². The summed E-state index contributed by atoms with van der Waals surface area (Å²) in [5.74, 6) is 0. The Labute approximate surface area is 122 Å². The Hall–Kier alpha value is -2.21. The Balaban J connectivity index is 1.99. The maximum Gasteiger partial charge on any atom is 0.277 e. The molecule has 0 aliphatic heterocycles. The van der Waals surface area contributed by atoms with Gasteiger partial charge in [-0.3, -0.25) is 15.1 Å². The third kappa shape index (κ3) is 2.67. The van der Waals surface area contributed by atoms with Gasteiger partial charge < -0.3 is 11.1 Å². The Morgan fingerprint density at radius 3 is 2.81 bits per heavy atom. The quantitative estimate of drug-likeness (QED) is 0.668. The molecule has 3 N–H and O–H groups in total. The van der Waals surface area contributed by atoms with Crippen molar-refractivity contribution in [2.75, 3.05) is 5.32 Å². The summed E-state index contributed by atoms with van der Waals surface area (Å²) in [5.41, 5.74) is 7.13. The zero-order valence-electron chi connectivity index (χ0n) is 11.7. The summed E-state index contributed by atoms with van der Waals surface area (Å²) in [6.07, 6.45) is 7.61. The highest BCUT2D eigenvalue weighted by Crippen LogP contribution is 2.32. The van der Waals surface area contributed by atoms with Crippen LogP contribution in [0.5, 0.6) is 0 Å². The number of nitrogens with zero attached hydrogens (tertiary/aromatic N) is 2. The standard InChI is InChI=1S/C15H18N4O2/c16-12-3-1-2-4-14(12)18-13-5-6-15(19(20)21)10-7-8-17-9-11(10)13/h5-9,12,14,18H,1-4,16H2. The monoisotopic (exact) mass is 286 g/mol. The fourth-order valence-electron chi connectivity index (χ4n) is 3.00. The van der Waals surface area contributed by atoms with Crippen LogP contribution in [0.4, 0.5) is 11.4 Å². The van der Waals surface area contributed by atoms with E-state index in [0.29, 0.717) is 5.39 Å². The number of hydrogen-bond donors (Lipinski definition) is 2. The van der Waals surface area contributed by atoms with E-state index in [0.717, 1.165) is 30.3 Å². The summed E-state index contributed by atoms with van der Waals surface area (Å²) in [7, 11) is 0. The summed E-state index contributed by atoms with van der Waals surface area (Å²) < 4.78 is 0. The molecule has 1 aliphatic carbocycles. The third-order valence-corrected chi connectivity index (χ3v) is 4.15. The number of nitrogens with one attached hydrogen (secondary N) is 1. The lowest BCUT2D eigenvalue weighted by Gasteiger charge is -2.30. The van der Waals surface area contributed by atoms with Crippen LogP contribution in [-0.2, 0) is 0 Å². The molecule has 0 saturated heterocycles. The second-order valence-electron chi connectivity index (χ2n) is 5.51. The number of fused-ring (bicyclic) bond motifs is 1. The average Bonchev–Trinajstić information content (AvgIpc) is 2.49. The van der Waals surface area contributed by atoms with Crippen LogP contribution in [0.1, 0.15) is 25.7 Å². The summed E-state index contributed by atoms with van der Waals surface area (Å²) >= 11 is 0. The summed E-state index contributed by atoms with van der Waals surface area (Å²) in [4.78, 5) is 14.8. The molecule has 21 heavy (non-hydrogen) atoms. The van der Waals surface area contributed by atoms with E-state index in [-0.39, 0.29) is 22.7 Å². The molecule has 2 unspecified atom stereocenters. The number of nitrogens with two attached hydrogens (primary N) is 1. The molecule has 1 saturated carbocycles. The minimum atomic E-state index is -0.363. The van der Waals surface area contributed by atoms with E-state index < -0.39 is 0 Å². The third-order valence-electron chi connectivity index (χ3n) is 4.15. The molecule has 1 heterocycles. The number of non-ortho nitro benzene ring substituents is 1. The maximum atomic E-state index is 11.1. The molecule has 3 rings (SSSR count). The first-order chi connectivity index (χ1) is 10.2. The van der Waals surface area contributed by atoms with Crippen molar-refractivity contribution in [1.29, 1.82) is 0 Å². The number of nitro groups is 1. The van der Waals surface area contributed by atoms with Gasteiger partial charge in [-0.25, -0.2) is 0 Å². The van der Waals surface area contributed by atoms with Crippen LogP contribution in [-0.4, -0.2) is 22.0 Å². The molecule has 1 aromatic heterocycles. The summed E-state index contributed by atoms with van der Waals surface area (Å²) in [6, 6.07) is 5.31. The molecule has 2 atom stereocenters. The van der Waals surface area contributed by atoms with E-state index in [1.807, 2.05) is 0 Å². The highest BCUT2D eigenvalue weighted by molar-refractivity contribution is 5.99. The van der Waals surface area contributed by atoms with Crippen molar-refractivity contribution in [3.05, 3.63) is 40.7 Å². The number of nitro benzene ring substituents is 1. The normalized spacial score (nSPS) is 22.1. The zero-order chi connectivity index (χ0) is 14.8. The molecule has 6 nitrogen and oxygen atoms in total. The first-order valence-corrected chi connectivity index (χ1v) is 7.20. The second-order valence-corrected chi connectivity index (χ2v) is 5.51. The molecular formula is C15H18N4O2. The van der Waals surface area contributed by atoms with Crippen molar-refractivity contribution in [2.45, 2.75) is 37.8 Å². The largest absolute Gasteiger partial charge is 0.380 e. The van der Waals surface area contributed by atoms with Crippen LogP contribution < -0.4 is 11.1 Å². The van der Waals surface area contributed by atoms with Crippen LogP contribution in [0.3, 0.4) is 0 Å². The van der Waals surface area contributed by atoms with Crippen molar-refractivity contribution in [3.63, 3.8) is 0 Å². The maximum absolute atomic E-state index is 11.1. The minimum Gasteiger partial charge on any atom is -0.380 e. The molecule has 1 fully saturated rings. The Morgan fingerprint density at radius 1 is 1.24 bits per heavy atom. The molecule has 1 aliphatic rings.